The van der Waals surface area contributed by atoms with Crippen LogP contribution in [-0.2, 0) is 0 Å². The number of nitrogens with zero attached hydrogens (tertiary/aromatic N) is 1. The molecule has 64 valence electrons. The zero-order chi connectivity index (χ0) is 7.90. The lowest BCUT2D eigenvalue weighted by molar-refractivity contribution is 0.152. The number of hydrogen-bond acceptors (Lipinski definition) is 1. The van der Waals surface area contributed by atoms with Gasteiger partial charge in [0, 0.05) is 5.54 Å². The van der Waals surface area contributed by atoms with Crippen LogP contribution in [0.5, 0.6) is 0 Å². The summed E-state index contributed by atoms with van der Waals surface area (Å²) >= 11 is 0. The summed E-state index contributed by atoms with van der Waals surface area (Å²) in [6, 6.07) is 0. The van der Waals surface area contributed by atoms with E-state index in [1.165, 1.54) is 38.8 Å². The van der Waals surface area contributed by atoms with Crippen molar-refractivity contribution in [2.45, 2.75) is 45.1 Å². The molecule has 2 atom stereocenters. The fraction of sp³-hybridized carbons (Fsp3) is 1.00. The molecule has 0 radical (unpaired) electrons. The van der Waals surface area contributed by atoms with Crippen molar-refractivity contribution in [1.29, 1.82) is 0 Å². The minimum Gasteiger partial charge on any atom is -0.297 e. The second kappa shape index (κ2) is 2.48. The van der Waals surface area contributed by atoms with Crippen molar-refractivity contribution in [3.8, 4) is 0 Å². The average molecular weight is 153 g/mol. The highest BCUT2D eigenvalue weighted by Gasteiger charge is 2.47. The molecule has 0 N–H and O–H groups in total. The molecular formula is C10H19N. The van der Waals surface area contributed by atoms with Gasteiger partial charge in [-0.25, -0.2) is 0 Å². The minimum absolute atomic E-state index is 0.639. The van der Waals surface area contributed by atoms with E-state index in [1.807, 2.05) is 0 Å². The number of hydrogen-bond donors (Lipinski definition) is 0. The lowest BCUT2D eigenvalue weighted by Crippen LogP contribution is -2.41. The van der Waals surface area contributed by atoms with Crippen LogP contribution >= 0.6 is 0 Å². The van der Waals surface area contributed by atoms with Gasteiger partial charge in [-0.1, -0.05) is 13.8 Å². The molecule has 2 heterocycles. The molecule has 2 aliphatic heterocycles. The zero-order valence-electron chi connectivity index (χ0n) is 7.77. The Bertz CT molecular complexity index is 155. The van der Waals surface area contributed by atoms with Crippen LogP contribution in [0.15, 0.2) is 0 Å². The van der Waals surface area contributed by atoms with Crippen LogP contribution in [0.3, 0.4) is 0 Å². The predicted octanol–water partition coefficient (Wildman–Crippen LogP) is 2.27. The maximum absolute atomic E-state index is 2.73. The van der Waals surface area contributed by atoms with E-state index in [0.29, 0.717) is 5.54 Å². The fourth-order valence-electron chi connectivity index (χ4n) is 3.22. The van der Waals surface area contributed by atoms with Crippen molar-refractivity contribution < 1.29 is 0 Å². The average Bonchev–Trinajstić information content (AvgIpc) is 2.53. The third kappa shape index (κ3) is 0.868. The van der Waals surface area contributed by atoms with Gasteiger partial charge in [0.15, 0.2) is 0 Å². The van der Waals surface area contributed by atoms with E-state index < -0.39 is 0 Å². The molecule has 0 amide bonds. The Labute approximate surface area is 69.8 Å². The van der Waals surface area contributed by atoms with Crippen LogP contribution in [0.1, 0.15) is 39.5 Å². The summed E-state index contributed by atoms with van der Waals surface area (Å²) in [5.74, 6) is 0.954. The summed E-state index contributed by atoms with van der Waals surface area (Å²) in [6.07, 6.45) is 5.71. The first-order valence-electron chi connectivity index (χ1n) is 5.04. The van der Waals surface area contributed by atoms with Gasteiger partial charge < -0.3 is 0 Å². The van der Waals surface area contributed by atoms with Crippen molar-refractivity contribution >= 4 is 0 Å². The Balaban J connectivity index is 2.22. The van der Waals surface area contributed by atoms with Gasteiger partial charge in [0.05, 0.1) is 0 Å². The van der Waals surface area contributed by atoms with Gasteiger partial charge >= 0.3 is 0 Å². The lowest BCUT2D eigenvalue weighted by Gasteiger charge is -2.34. The van der Waals surface area contributed by atoms with E-state index in [4.69, 9.17) is 0 Å². The standard InChI is InChI=1S/C10H19N/c1-3-10-6-4-7-11(10)8-5-9(10)2/h9H,3-8H2,1-2H3/t9-,10+/m0/s1. The lowest BCUT2D eigenvalue weighted by atomic mass is 9.82. The first-order chi connectivity index (χ1) is 5.29. The molecule has 0 unspecified atom stereocenters. The Hall–Kier alpha value is -0.0400. The van der Waals surface area contributed by atoms with E-state index >= 15 is 0 Å². The van der Waals surface area contributed by atoms with E-state index in [1.54, 1.807) is 0 Å². The van der Waals surface area contributed by atoms with Crippen molar-refractivity contribution in [3.63, 3.8) is 0 Å². The summed E-state index contributed by atoms with van der Waals surface area (Å²) in [4.78, 5) is 2.73. The van der Waals surface area contributed by atoms with E-state index in [0.717, 1.165) is 5.92 Å². The Kier molecular flexibility index (Phi) is 1.71. The number of fused-ring (bicyclic) bond motifs is 1. The van der Waals surface area contributed by atoms with E-state index in [9.17, 15) is 0 Å². The van der Waals surface area contributed by atoms with Crippen LogP contribution in [0.25, 0.3) is 0 Å². The molecule has 0 aromatic rings. The van der Waals surface area contributed by atoms with Crippen LogP contribution in [0, 0.1) is 5.92 Å². The van der Waals surface area contributed by atoms with E-state index in [-0.39, 0.29) is 0 Å². The third-order valence-electron chi connectivity index (χ3n) is 4.03. The molecule has 2 saturated heterocycles. The smallest absolute Gasteiger partial charge is 0.0233 e. The molecule has 1 heteroatoms. The molecular weight excluding hydrogens is 134 g/mol. The highest BCUT2D eigenvalue weighted by atomic mass is 15.2. The monoisotopic (exact) mass is 153 g/mol. The molecule has 0 spiro atoms. The van der Waals surface area contributed by atoms with Gasteiger partial charge in [-0.05, 0) is 44.7 Å². The van der Waals surface area contributed by atoms with Crippen LogP contribution in [-0.4, -0.2) is 23.5 Å². The first kappa shape index (κ1) is 7.60. The molecule has 2 fully saturated rings. The Morgan fingerprint density at radius 2 is 2.27 bits per heavy atom. The predicted molar refractivity (Wildman–Crippen MR) is 47.6 cm³/mol. The summed E-state index contributed by atoms with van der Waals surface area (Å²) in [5, 5.41) is 0. The van der Waals surface area contributed by atoms with Crippen molar-refractivity contribution in [3.05, 3.63) is 0 Å². The molecule has 2 aliphatic rings. The minimum atomic E-state index is 0.639. The van der Waals surface area contributed by atoms with Crippen LogP contribution in [0.4, 0.5) is 0 Å². The van der Waals surface area contributed by atoms with Gasteiger partial charge in [0.25, 0.3) is 0 Å². The number of rotatable bonds is 1. The second-order valence-corrected chi connectivity index (χ2v) is 4.24. The molecule has 2 rings (SSSR count). The molecule has 0 aromatic carbocycles. The van der Waals surface area contributed by atoms with Crippen LogP contribution in [0.2, 0.25) is 0 Å². The van der Waals surface area contributed by atoms with E-state index in [2.05, 4.69) is 18.7 Å². The summed E-state index contributed by atoms with van der Waals surface area (Å²) in [7, 11) is 0. The van der Waals surface area contributed by atoms with Gasteiger partial charge in [0.1, 0.15) is 0 Å². The maximum Gasteiger partial charge on any atom is 0.0233 e. The Morgan fingerprint density at radius 1 is 1.45 bits per heavy atom. The molecule has 0 aliphatic carbocycles. The fourth-order valence-corrected chi connectivity index (χ4v) is 3.22. The molecule has 0 aromatic heterocycles. The van der Waals surface area contributed by atoms with Crippen molar-refractivity contribution in [2.75, 3.05) is 13.1 Å². The molecule has 0 saturated carbocycles. The largest absolute Gasteiger partial charge is 0.297 e. The highest BCUT2D eigenvalue weighted by molar-refractivity contribution is 5.02. The van der Waals surface area contributed by atoms with Crippen molar-refractivity contribution in [1.82, 2.24) is 4.90 Å². The zero-order valence-corrected chi connectivity index (χ0v) is 7.77. The third-order valence-corrected chi connectivity index (χ3v) is 4.03. The Morgan fingerprint density at radius 3 is 2.91 bits per heavy atom. The second-order valence-electron chi connectivity index (χ2n) is 4.24. The summed E-state index contributed by atoms with van der Waals surface area (Å²) < 4.78 is 0. The SMILES string of the molecule is CC[C@]12CCCN1CC[C@@H]2C. The molecule has 11 heavy (non-hydrogen) atoms. The topological polar surface area (TPSA) is 3.24 Å². The maximum atomic E-state index is 2.73. The van der Waals surface area contributed by atoms with Gasteiger partial charge in [-0.2, -0.15) is 0 Å². The summed E-state index contributed by atoms with van der Waals surface area (Å²) in [6.45, 7) is 7.54. The summed E-state index contributed by atoms with van der Waals surface area (Å²) in [5.41, 5.74) is 0.639. The molecule has 0 bridgehead atoms. The molecule has 1 nitrogen and oxygen atoms in total. The van der Waals surface area contributed by atoms with Gasteiger partial charge in [0.2, 0.25) is 0 Å². The normalized spacial score (nSPS) is 44.7. The highest BCUT2D eigenvalue weighted by Crippen LogP contribution is 2.44. The van der Waals surface area contributed by atoms with Gasteiger partial charge in [-0.15, -0.1) is 0 Å². The van der Waals surface area contributed by atoms with Crippen molar-refractivity contribution in [2.24, 2.45) is 5.92 Å². The van der Waals surface area contributed by atoms with Gasteiger partial charge in [-0.3, -0.25) is 4.90 Å². The quantitative estimate of drug-likeness (QED) is 0.558. The first-order valence-corrected chi connectivity index (χ1v) is 5.04. The van der Waals surface area contributed by atoms with Crippen LogP contribution < -0.4 is 0 Å².